The number of non-ortho nitro benzene ring substituents is 1. The van der Waals surface area contributed by atoms with E-state index in [2.05, 4.69) is 22.5 Å². The molecule has 0 saturated carbocycles. The SMILES string of the molecule is C=CCOc1c(Br)cc(/C=C(\C#N)C(=O)c2cccc([N+](=O)[O-])c2)cc1OC. The van der Waals surface area contributed by atoms with Crippen LogP contribution < -0.4 is 9.47 Å². The molecule has 8 heteroatoms. The molecule has 0 atom stereocenters. The maximum absolute atomic E-state index is 12.6. The average molecular weight is 443 g/mol. The largest absolute Gasteiger partial charge is 0.493 e. The zero-order valence-electron chi connectivity index (χ0n) is 14.8. The Morgan fingerprint density at radius 3 is 2.75 bits per heavy atom. The minimum Gasteiger partial charge on any atom is -0.493 e. The van der Waals surface area contributed by atoms with Crippen LogP contribution in [0.25, 0.3) is 6.08 Å². The summed E-state index contributed by atoms with van der Waals surface area (Å²) in [6.07, 6.45) is 2.97. The van der Waals surface area contributed by atoms with Crippen molar-refractivity contribution < 1.29 is 19.2 Å². The molecule has 0 radical (unpaired) electrons. The first-order valence-electron chi connectivity index (χ1n) is 7.93. The predicted octanol–water partition coefficient (Wildman–Crippen LogP) is 4.72. The van der Waals surface area contributed by atoms with E-state index in [-0.39, 0.29) is 23.4 Å². The van der Waals surface area contributed by atoms with Gasteiger partial charge in [-0.1, -0.05) is 24.8 Å². The van der Waals surface area contributed by atoms with Crippen LogP contribution >= 0.6 is 15.9 Å². The summed E-state index contributed by atoms with van der Waals surface area (Å²) >= 11 is 3.38. The van der Waals surface area contributed by atoms with Gasteiger partial charge in [0.05, 0.1) is 16.5 Å². The summed E-state index contributed by atoms with van der Waals surface area (Å²) in [6, 6.07) is 10.3. The summed E-state index contributed by atoms with van der Waals surface area (Å²) in [5.41, 5.74) is 0.175. The van der Waals surface area contributed by atoms with Gasteiger partial charge in [0.25, 0.3) is 5.69 Å². The van der Waals surface area contributed by atoms with Crippen molar-refractivity contribution in [2.24, 2.45) is 0 Å². The molecule has 7 nitrogen and oxygen atoms in total. The van der Waals surface area contributed by atoms with Gasteiger partial charge in [-0.05, 0) is 39.7 Å². The molecular weight excluding hydrogens is 428 g/mol. The fourth-order valence-corrected chi connectivity index (χ4v) is 2.91. The Kier molecular flexibility index (Phi) is 7.07. The van der Waals surface area contributed by atoms with Crippen molar-refractivity contribution in [2.45, 2.75) is 0 Å². The van der Waals surface area contributed by atoms with E-state index < -0.39 is 10.7 Å². The Morgan fingerprint density at radius 1 is 1.39 bits per heavy atom. The molecule has 0 spiro atoms. The average Bonchev–Trinajstić information content (AvgIpc) is 2.70. The van der Waals surface area contributed by atoms with E-state index in [4.69, 9.17) is 9.47 Å². The molecule has 0 fully saturated rings. The number of nitrogens with zero attached hydrogens (tertiary/aromatic N) is 2. The van der Waals surface area contributed by atoms with Gasteiger partial charge in [-0.2, -0.15) is 5.26 Å². The van der Waals surface area contributed by atoms with Gasteiger partial charge in [-0.25, -0.2) is 0 Å². The number of hydrogen-bond donors (Lipinski definition) is 0. The molecule has 0 bridgehead atoms. The van der Waals surface area contributed by atoms with E-state index in [9.17, 15) is 20.2 Å². The highest BCUT2D eigenvalue weighted by Gasteiger charge is 2.17. The van der Waals surface area contributed by atoms with Crippen LogP contribution in [0.1, 0.15) is 15.9 Å². The number of rotatable bonds is 8. The van der Waals surface area contributed by atoms with Crippen molar-refractivity contribution in [1.82, 2.24) is 0 Å². The highest BCUT2D eigenvalue weighted by atomic mass is 79.9. The number of halogens is 1. The highest BCUT2D eigenvalue weighted by Crippen LogP contribution is 2.37. The number of nitro benzene ring substituents is 1. The topological polar surface area (TPSA) is 102 Å². The van der Waals surface area contributed by atoms with Crippen LogP contribution in [0.2, 0.25) is 0 Å². The minimum absolute atomic E-state index is 0.0546. The number of ether oxygens (including phenoxy) is 2. The van der Waals surface area contributed by atoms with Crippen LogP contribution in [0, 0.1) is 21.4 Å². The molecular formula is C20H15BrN2O5. The van der Waals surface area contributed by atoms with Gasteiger partial charge in [-0.3, -0.25) is 14.9 Å². The Bertz CT molecular complexity index is 1010. The number of nitro groups is 1. The van der Waals surface area contributed by atoms with Crippen LogP contribution in [0.15, 0.2) is 59.1 Å². The molecule has 2 aromatic rings. The highest BCUT2D eigenvalue weighted by molar-refractivity contribution is 9.10. The lowest BCUT2D eigenvalue weighted by Crippen LogP contribution is -2.03. The second-order valence-corrected chi connectivity index (χ2v) is 6.29. The molecule has 0 saturated heterocycles. The van der Waals surface area contributed by atoms with Crippen molar-refractivity contribution in [2.75, 3.05) is 13.7 Å². The summed E-state index contributed by atoms with van der Waals surface area (Å²) in [6.45, 7) is 3.86. The molecule has 0 aliphatic rings. The molecule has 0 heterocycles. The van der Waals surface area contributed by atoms with Crippen LogP contribution in [0.3, 0.4) is 0 Å². The van der Waals surface area contributed by atoms with Crippen molar-refractivity contribution in [1.29, 1.82) is 5.26 Å². The summed E-state index contributed by atoms with van der Waals surface area (Å²) in [7, 11) is 1.47. The fourth-order valence-electron chi connectivity index (χ4n) is 2.34. The van der Waals surface area contributed by atoms with Gasteiger partial charge in [0, 0.05) is 17.7 Å². The van der Waals surface area contributed by atoms with E-state index in [1.54, 1.807) is 18.2 Å². The zero-order chi connectivity index (χ0) is 20.7. The van der Waals surface area contributed by atoms with E-state index >= 15 is 0 Å². The van der Waals surface area contributed by atoms with Gasteiger partial charge in [0.15, 0.2) is 11.5 Å². The number of hydrogen-bond acceptors (Lipinski definition) is 6. The summed E-state index contributed by atoms with van der Waals surface area (Å²) in [5, 5.41) is 20.3. The number of nitriles is 1. The zero-order valence-corrected chi connectivity index (χ0v) is 16.4. The van der Waals surface area contributed by atoms with Crippen molar-refractivity contribution in [3.05, 3.63) is 80.3 Å². The lowest BCUT2D eigenvalue weighted by molar-refractivity contribution is -0.384. The molecule has 2 rings (SSSR count). The summed E-state index contributed by atoms with van der Waals surface area (Å²) in [5.74, 6) is 0.249. The fraction of sp³-hybridized carbons (Fsp3) is 0.100. The van der Waals surface area contributed by atoms with E-state index in [1.807, 2.05) is 6.07 Å². The third-order valence-electron chi connectivity index (χ3n) is 3.59. The second-order valence-electron chi connectivity index (χ2n) is 5.44. The lowest BCUT2D eigenvalue weighted by atomic mass is 10.0. The standard InChI is InChI=1S/C20H15BrN2O5/c1-3-7-28-20-17(21)9-13(10-18(20)27-2)8-15(12-22)19(24)14-5-4-6-16(11-14)23(25)26/h3-6,8-11H,1,7H2,2H3/b15-8+. The quantitative estimate of drug-likeness (QED) is 0.146. The molecule has 142 valence electrons. The van der Waals surface area contributed by atoms with Gasteiger partial charge < -0.3 is 9.47 Å². The Morgan fingerprint density at radius 2 is 2.14 bits per heavy atom. The van der Waals surface area contributed by atoms with Crippen LogP contribution in [-0.2, 0) is 0 Å². The van der Waals surface area contributed by atoms with Gasteiger partial charge >= 0.3 is 0 Å². The molecule has 0 unspecified atom stereocenters. The van der Waals surface area contributed by atoms with Crippen molar-refractivity contribution in [3.8, 4) is 17.6 Å². The van der Waals surface area contributed by atoms with Crippen LogP contribution in [0.5, 0.6) is 11.5 Å². The Hall–Kier alpha value is -3.44. The van der Waals surface area contributed by atoms with Crippen LogP contribution in [0.4, 0.5) is 5.69 Å². The van der Waals surface area contributed by atoms with Gasteiger partial charge in [-0.15, -0.1) is 0 Å². The number of carbonyl (C=O) groups excluding carboxylic acids is 1. The summed E-state index contributed by atoms with van der Waals surface area (Å²) in [4.78, 5) is 22.9. The third-order valence-corrected chi connectivity index (χ3v) is 4.18. The first kappa shape index (κ1) is 20.9. The van der Waals surface area contributed by atoms with Gasteiger partial charge in [0.2, 0.25) is 5.78 Å². The van der Waals surface area contributed by atoms with E-state index in [1.165, 1.54) is 31.4 Å². The third kappa shape index (κ3) is 4.84. The van der Waals surface area contributed by atoms with Crippen LogP contribution in [-0.4, -0.2) is 24.4 Å². The van der Waals surface area contributed by atoms with Crippen molar-refractivity contribution in [3.63, 3.8) is 0 Å². The number of ketones is 1. The minimum atomic E-state index is -0.617. The molecule has 0 aromatic heterocycles. The number of methoxy groups -OCH3 is 1. The predicted molar refractivity (Wildman–Crippen MR) is 107 cm³/mol. The maximum atomic E-state index is 12.6. The molecule has 28 heavy (non-hydrogen) atoms. The number of Topliss-reactive ketones (excluding diaryl/α,β-unsaturated/α-hetero) is 1. The van der Waals surface area contributed by atoms with Crippen molar-refractivity contribution >= 4 is 33.5 Å². The van der Waals surface area contributed by atoms with E-state index in [0.717, 1.165) is 6.07 Å². The lowest BCUT2D eigenvalue weighted by Gasteiger charge is -2.12. The summed E-state index contributed by atoms with van der Waals surface area (Å²) < 4.78 is 11.4. The molecule has 0 N–H and O–H groups in total. The smallest absolute Gasteiger partial charge is 0.270 e. The van der Waals surface area contributed by atoms with Gasteiger partial charge in [0.1, 0.15) is 18.2 Å². The number of benzene rings is 2. The normalized spacial score (nSPS) is 10.7. The van der Waals surface area contributed by atoms with E-state index in [0.29, 0.717) is 21.5 Å². The molecule has 0 aliphatic heterocycles. The first-order chi connectivity index (χ1) is 13.4. The Labute approximate surface area is 169 Å². The Balaban J connectivity index is 2.44. The second kappa shape index (κ2) is 9.48. The first-order valence-corrected chi connectivity index (χ1v) is 8.72. The molecule has 0 amide bonds. The maximum Gasteiger partial charge on any atom is 0.270 e. The molecule has 2 aromatic carbocycles. The molecule has 0 aliphatic carbocycles. The monoisotopic (exact) mass is 442 g/mol. The number of allylic oxidation sites excluding steroid dienone is 1. The number of carbonyl (C=O) groups is 1.